The van der Waals surface area contributed by atoms with Gasteiger partial charge in [0, 0.05) is 41.9 Å². The van der Waals surface area contributed by atoms with Gasteiger partial charge in [-0.3, -0.25) is 4.90 Å². The number of hydrogen-bond acceptors (Lipinski definition) is 7. The van der Waals surface area contributed by atoms with Gasteiger partial charge < -0.3 is 14.7 Å². The lowest BCUT2D eigenvalue weighted by atomic mass is 10.2. The van der Waals surface area contributed by atoms with Gasteiger partial charge in [0.1, 0.15) is 12.1 Å². The molecule has 9 nitrogen and oxygen atoms in total. The van der Waals surface area contributed by atoms with Crippen LogP contribution in [-0.4, -0.2) is 63.3 Å². The third kappa shape index (κ3) is 7.35. The zero-order valence-corrected chi connectivity index (χ0v) is 22.8. The fourth-order valence-corrected chi connectivity index (χ4v) is 4.40. The van der Waals surface area contributed by atoms with Gasteiger partial charge in [-0.1, -0.05) is 36.4 Å². The van der Waals surface area contributed by atoms with Crippen LogP contribution in [0, 0.1) is 0 Å². The summed E-state index contributed by atoms with van der Waals surface area (Å²) in [5.74, 6) is -1.31. The van der Waals surface area contributed by atoms with Gasteiger partial charge in [0.25, 0.3) is 0 Å². The Morgan fingerprint density at radius 2 is 1.42 bits per heavy atom. The van der Waals surface area contributed by atoms with Gasteiger partial charge in [-0.2, -0.15) is 13.2 Å². The molecule has 12 heteroatoms. The molecule has 0 saturated carbocycles. The summed E-state index contributed by atoms with van der Waals surface area (Å²) in [6.07, 6.45) is -1.53. The van der Waals surface area contributed by atoms with Crippen LogP contribution in [0.25, 0.3) is 17.1 Å². The molecule has 3 heterocycles. The highest BCUT2D eigenvalue weighted by Crippen LogP contribution is 2.35. The Bertz CT molecular complexity index is 1620. The first-order chi connectivity index (χ1) is 20.8. The number of hydrogen-bond donors (Lipinski definition) is 1. The van der Waals surface area contributed by atoms with Crippen molar-refractivity contribution in [1.82, 2.24) is 19.7 Å². The van der Waals surface area contributed by atoms with Crippen molar-refractivity contribution < 1.29 is 27.8 Å². The molecule has 220 valence electrons. The molecule has 1 saturated heterocycles. The van der Waals surface area contributed by atoms with Crippen LogP contribution < -0.4 is 9.80 Å². The fourth-order valence-electron chi connectivity index (χ4n) is 4.40. The minimum Gasteiger partial charge on any atom is -0.475 e. The predicted molar refractivity (Wildman–Crippen MR) is 156 cm³/mol. The first kappa shape index (κ1) is 29.3. The molecule has 0 spiro atoms. The first-order valence-corrected chi connectivity index (χ1v) is 13.3. The second-order valence-corrected chi connectivity index (χ2v) is 9.34. The summed E-state index contributed by atoms with van der Waals surface area (Å²) in [7, 11) is 0. The summed E-state index contributed by atoms with van der Waals surface area (Å²) in [6.45, 7) is 3.35. The minimum absolute atomic E-state index is 0.651. The number of aromatic nitrogens is 4. The molecule has 0 radical (unpaired) electrons. The third-order valence-electron chi connectivity index (χ3n) is 6.49. The molecule has 1 aliphatic heterocycles. The summed E-state index contributed by atoms with van der Waals surface area (Å²) in [5, 5.41) is 11.8. The number of rotatable bonds is 6. The van der Waals surface area contributed by atoms with Gasteiger partial charge in [-0.15, -0.1) is 5.10 Å². The number of alkyl halides is 3. The Morgan fingerprint density at radius 3 is 2.05 bits per heavy atom. The first-order valence-electron chi connectivity index (χ1n) is 13.3. The lowest BCUT2D eigenvalue weighted by Gasteiger charge is -2.30. The molecule has 6 rings (SSSR count). The second kappa shape index (κ2) is 13.2. The van der Waals surface area contributed by atoms with Crippen LogP contribution in [-0.2, 0) is 9.53 Å². The summed E-state index contributed by atoms with van der Waals surface area (Å²) < 4.78 is 39.0. The Hall–Kier alpha value is -5.23. The quantitative estimate of drug-likeness (QED) is 0.248. The van der Waals surface area contributed by atoms with Crippen molar-refractivity contribution in [1.29, 1.82) is 0 Å². The number of morpholine rings is 1. The van der Waals surface area contributed by atoms with E-state index in [1.807, 2.05) is 66.9 Å². The van der Waals surface area contributed by atoms with E-state index < -0.39 is 12.1 Å². The van der Waals surface area contributed by atoms with Gasteiger partial charge in [0.05, 0.1) is 18.9 Å². The molecule has 1 fully saturated rings. The van der Waals surface area contributed by atoms with Crippen molar-refractivity contribution >= 4 is 28.8 Å². The number of pyridine rings is 1. The van der Waals surface area contributed by atoms with Crippen LogP contribution in [0.5, 0.6) is 0 Å². The number of anilines is 4. The highest BCUT2D eigenvalue weighted by Gasteiger charge is 2.38. The molecule has 5 aromatic rings. The zero-order valence-electron chi connectivity index (χ0n) is 22.8. The molecule has 0 aliphatic carbocycles. The lowest BCUT2D eigenvalue weighted by molar-refractivity contribution is -0.192. The van der Waals surface area contributed by atoms with Crippen molar-refractivity contribution in [2.24, 2.45) is 0 Å². The number of halogens is 3. The van der Waals surface area contributed by atoms with Gasteiger partial charge in [0.2, 0.25) is 0 Å². The third-order valence-corrected chi connectivity index (χ3v) is 6.49. The number of carboxylic acid groups (broad SMARTS) is 1. The zero-order chi connectivity index (χ0) is 30.2. The number of aliphatic carboxylic acids is 1. The fraction of sp³-hybridized carbons (Fsp3) is 0.161. The van der Waals surface area contributed by atoms with Crippen molar-refractivity contribution in [3.8, 4) is 17.1 Å². The highest BCUT2D eigenvalue weighted by molar-refractivity contribution is 5.77. The van der Waals surface area contributed by atoms with Crippen LogP contribution in [0.2, 0.25) is 0 Å². The van der Waals surface area contributed by atoms with Gasteiger partial charge in [0.15, 0.2) is 5.82 Å². The summed E-state index contributed by atoms with van der Waals surface area (Å²) >= 11 is 0. The number of ether oxygens (including phenoxy) is 1. The standard InChI is InChI=1S/C29H26N6O.C2HF3O2/c1-3-7-25(8-4-1)34-22-31-29(32-34)23-15-16-30-28(21-23)35(26-9-5-2-6-10-26)27-13-11-24(12-14-27)33-17-19-36-20-18-33;3-2(4,5)1(6)7/h1-16,21-22H,17-20H2;(H,6,7). The van der Waals surface area contributed by atoms with Gasteiger partial charge >= 0.3 is 12.1 Å². The molecule has 3 aromatic carbocycles. The number of carboxylic acids is 1. The lowest BCUT2D eigenvalue weighted by Crippen LogP contribution is -2.36. The molecular formula is C31H27F3N6O3. The maximum absolute atomic E-state index is 10.6. The largest absolute Gasteiger partial charge is 0.490 e. The SMILES string of the molecule is O=C(O)C(F)(F)F.c1ccc(N(c2ccc(N3CCOCC3)cc2)c2cc(-c3ncn(-c4ccccc4)n3)ccn2)cc1. The van der Waals surface area contributed by atoms with E-state index in [0.717, 1.165) is 54.7 Å². The summed E-state index contributed by atoms with van der Waals surface area (Å²) in [4.78, 5) is 22.7. The van der Waals surface area contributed by atoms with E-state index in [4.69, 9.17) is 24.7 Å². The molecule has 43 heavy (non-hydrogen) atoms. The normalized spacial score (nSPS) is 13.1. The average molecular weight is 589 g/mol. The summed E-state index contributed by atoms with van der Waals surface area (Å²) in [6, 6.07) is 32.9. The Balaban J connectivity index is 0.000000472. The van der Waals surface area contributed by atoms with E-state index in [1.165, 1.54) is 5.69 Å². The predicted octanol–water partition coefficient (Wildman–Crippen LogP) is 6.27. The van der Waals surface area contributed by atoms with Crippen molar-refractivity contribution in [3.63, 3.8) is 0 Å². The van der Waals surface area contributed by atoms with Crippen LogP contribution >= 0.6 is 0 Å². The van der Waals surface area contributed by atoms with Gasteiger partial charge in [-0.05, 0) is 60.7 Å². The Kier molecular flexibility index (Phi) is 8.96. The molecule has 0 bridgehead atoms. The topological polar surface area (TPSA) is 96.6 Å². The number of nitrogens with zero attached hydrogens (tertiary/aromatic N) is 6. The van der Waals surface area contributed by atoms with Crippen LogP contribution in [0.3, 0.4) is 0 Å². The van der Waals surface area contributed by atoms with E-state index in [2.05, 4.69) is 51.2 Å². The summed E-state index contributed by atoms with van der Waals surface area (Å²) in [5.41, 5.74) is 5.14. The number of benzene rings is 3. The smallest absolute Gasteiger partial charge is 0.475 e. The number of carbonyl (C=O) groups is 1. The second-order valence-electron chi connectivity index (χ2n) is 9.34. The van der Waals surface area contributed by atoms with Crippen LogP contribution in [0.15, 0.2) is 110 Å². The minimum atomic E-state index is -5.08. The van der Waals surface area contributed by atoms with Crippen molar-refractivity contribution in [2.45, 2.75) is 6.18 Å². The maximum Gasteiger partial charge on any atom is 0.490 e. The molecule has 2 aromatic heterocycles. The van der Waals surface area contributed by atoms with E-state index in [1.54, 1.807) is 11.0 Å². The monoisotopic (exact) mass is 588 g/mol. The van der Waals surface area contributed by atoms with E-state index >= 15 is 0 Å². The molecule has 0 unspecified atom stereocenters. The molecule has 0 amide bonds. The van der Waals surface area contributed by atoms with Crippen LogP contribution in [0.1, 0.15) is 0 Å². The average Bonchev–Trinajstić information content (AvgIpc) is 3.54. The molecule has 1 N–H and O–H groups in total. The number of para-hydroxylation sites is 2. The van der Waals surface area contributed by atoms with E-state index in [-0.39, 0.29) is 0 Å². The Labute approximate surface area is 245 Å². The Morgan fingerprint density at radius 1 is 0.814 bits per heavy atom. The molecular weight excluding hydrogens is 561 g/mol. The highest BCUT2D eigenvalue weighted by atomic mass is 19.4. The van der Waals surface area contributed by atoms with E-state index in [9.17, 15) is 13.2 Å². The van der Waals surface area contributed by atoms with E-state index in [0.29, 0.717) is 5.82 Å². The van der Waals surface area contributed by atoms with Crippen molar-refractivity contribution in [3.05, 3.63) is 110 Å². The molecule has 1 aliphatic rings. The molecule has 0 atom stereocenters. The maximum atomic E-state index is 10.6. The van der Waals surface area contributed by atoms with Gasteiger partial charge in [-0.25, -0.2) is 19.4 Å². The van der Waals surface area contributed by atoms with Crippen molar-refractivity contribution in [2.75, 3.05) is 36.1 Å². The van der Waals surface area contributed by atoms with Crippen LogP contribution in [0.4, 0.5) is 36.1 Å².